The molecule has 31 heavy (non-hydrogen) atoms. The van der Waals surface area contributed by atoms with Crippen molar-refractivity contribution in [2.24, 2.45) is 0 Å². The first-order chi connectivity index (χ1) is 15.0. The number of anilines is 3. The van der Waals surface area contributed by atoms with Gasteiger partial charge in [0.15, 0.2) is 0 Å². The van der Waals surface area contributed by atoms with Gasteiger partial charge in [0.05, 0.1) is 31.1 Å². The van der Waals surface area contributed by atoms with E-state index >= 15 is 0 Å². The third-order valence-corrected chi connectivity index (χ3v) is 4.13. The molecule has 2 aromatic carbocycles. The van der Waals surface area contributed by atoms with E-state index in [0.29, 0.717) is 24.5 Å². The van der Waals surface area contributed by atoms with E-state index in [4.69, 9.17) is 9.47 Å². The monoisotopic (exact) mass is 427 g/mol. The molecule has 0 aliphatic heterocycles. The maximum atomic E-state index is 13.3. The van der Waals surface area contributed by atoms with Crippen LogP contribution in [-0.4, -0.2) is 31.9 Å². The summed E-state index contributed by atoms with van der Waals surface area (Å²) >= 11 is 0. The lowest BCUT2D eigenvalue weighted by molar-refractivity contribution is 0.166. The quantitative estimate of drug-likeness (QED) is 0.580. The zero-order chi connectivity index (χ0) is 22.6. The number of amides is 2. The molecule has 0 fully saturated rings. The van der Waals surface area contributed by atoms with Crippen molar-refractivity contribution >= 4 is 29.2 Å². The second kappa shape index (κ2) is 12.1. The Labute approximate surface area is 181 Å². The molecule has 2 N–H and O–H groups in total. The van der Waals surface area contributed by atoms with E-state index in [1.807, 2.05) is 4.90 Å². The van der Waals surface area contributed by atoms with Crippen LogP contribution in [0.15, 0.2) is 42.5 Å². The minimum atomic E-state index is -0.648. The molecule has 0 aliphatic rings. The van der Waals surface area contributed by atoms with E-state index in [2.05, 4.69) is 22.5 Å². The predicted octanol–water partition coefficient (Wildman–Crippen LogP) is 4.99. The minimum absolute atomic E-state index is 0.203. The van der Waals surface area contributed by atoms with E-state index in [9.17, 15) is 14.0 Å². The van der Waals surface area contributed by atoms with Crippen molar-refractivity contribution in [3.63, 3.8) is 0 Å². The Kier molecular flexibility index (Phi) is 9.17. The lowest BCUT2D eigenvalue weighted by Crippen LogP contribution is -2.24. The van der Waals surface area contributed by atoms with Gasteiger partial charge in [-0.25, -0.2) is 14.0 Å². The van der Waals surface area contributed by atoms with Gasteiger partial charge in [-0.15, -0.1) is 5.92 Å². The molecule has 0 heterocycles. The summed E-state index contributed by atoms with van der Waals surface area (Å²) in [6, 6.07) is 11.4. The Morgan fingerprint density at radius 1 is 0.968 bits per heavy atom. The van der Waals surface area contributed by atoms with Crippen LogP contribution in [0.25, 0.3) is 0 Å². The van der Waals surface area contributed by atoms with Crippen LogP contribution in [0.1, 0.15) is 26.3 Å². The fourth-order valence-corrected chi connectivity index (χ4v) is 2.72. The number of halogens is 1. The van der Waals surface area contributed by atoms with Crippen molar-refractivity contribution in [3.8, 4) is 11.8 Å². The first-order valence-corrected chi connectivity index (χ1v) is 9.87. The zero-order valence-electron chi connectivity index (χ0n) is 17.8. The average Bonchev–Trinajstić information content (AvgIpc) is 2.74. The summed E-state index contributed by atoms with van der Waals surface area (Å²) in [5, 5.41) is 5.24. The predicted molar refractivity (Wildman–Crippen MR) is 119 cm³/mol. The molecule has 0 saturated carbocycles. The number of rotatable bonds is 8. The van der Waals surface area contributed by atoms with Gasteiger partial charge in [0.25, 0.3) is 0 Å². The highest BCUT2D eigenvalue weighted by Gasteiger charge is 2.15. The Morgan fingerprint density at radius 3 is 2.16 bits per heavy atom. The Balaban J connectivity index is 2.36. The number of ether oxygens (including phenoxy) is 2. The molecule has 8 heteroatoms. The maximum Gasteiger partial charge on any atom is 0.411 e. The van der Waals surface area contributed by atoms with Crippen LogP contribution in [0, 0.1) is 17.7 Å². The number of benzene rings is 2. The van der Waals surface area contributed by atoms with E-state index in [1.165, 1.54) is 12.1 Å². The summed E-state index contributed by atoms with van der Waals surface area (Å²) in [7, 11) is 0. The molecule has 2 rings (SSSR count). The van der Waals surface area contributed by atoms with Gasteiger partial charge in [-0.3, -0.25) is 10.6 Å². The van der Waals surface area contributed by atoms with Gasteiger partial charge in [-0.2, -0.15) is 0 Å². The number of nitrogens with one attached hydrogen (secondary N) is 2. The lowest BCUT2D eigenvalue weighted by atomic mass is 10.1. The van der Waals surface area contributed by atoms with Crippen molar-refractivity contribution in [3.05, 3.63) is 53.8 Å². The highest BCUT2D eigenvalue weighted by molar-refractivity contribution is 5.96. The lowest BCUT2D eigenvalue weighted by Gasteiger charge is -2.24. The molecule has 0 atom stereocenters. The molecule has 0 aliphatic carbocycles. The summed E-state index contributed by atoms with van der Waals surface area (Å²) in [5.74, 6) is 5.58. The summed E-state index contributed by atoms with van der Waals surface area (Å²) in [5.41, 5.74) is 2.34. The maximum absolute atomic E-state index is 13.3. The fraction of sp³-hybridized carbons (Fsp3) is 0.304. The molecule has 2 amide bonds. The highest BCUT2D eigenvalue weighted by atomic mass is 19.1. The van der Waals surface area contributed by atoms with Gasteiger partial charge in [0.2, 0.25) is 0 Å². The third kappa shape index (κ3) is 7.55. The van der Waals surface area contributed by atoms with Crippen LogP contribution in [0.2, 0.25) is 0 Å². The van der Waals surface area contributed by atoms with E-state index < -0.39 is 12.2 Å². The van der Waals surface area contributed by atoms with Crippen LogP contribution in [-0.2, 0) is 16.0 Å². The third-order valence-electron chi connectivity index (χ3n) is 4.13. The average molecular weight is 427 g/mol. The Morgan fingerprint density at radius 2 is 1.58 bits per heavy atom. The van der Waals surface area contributed by atoms with Crippen LogP contribution in [0.3, 0.4) is 0 Å². The van der Waals surface area contributed by atoms with Crippen molar-refractivity contribution < 1.29 is 23.5 Å². The minimum Gasteiger partial charge on any atom is -0.450 e. The second-order valence-electron chi connectivity index (χ2n) is 6.33. The Bertz CT molecular complexity index is 952. The number of carbonyl (C=O) groups excluding carboxylic acids is 2. The number of hydrogen-bond donors (Lipinski definition) is 2. The number of nitrogens with zero attached hydrogens (tertiary/aromatic N) is 1. The van der Waals surface area contributed by atoms with Crippen LogP contribution in [0.5, 0.6) is 0 Å². The van der Waals surface area contributed by atoms with E-state index in [0.717, 1.165) is 11.3 Å². The zero-order valence-corrected chi connectivity index (χ0v) is 17.8. The van der Waals surface area contributed by atoms with Gasteiger partial charge in [-0.1, -0.05) is 18.1 Å². The highest BCUT2D eigenvalue weighted by Crippen LogP contribution is 2.29. The first-order valence-electron chi connectivity index (χ1n) is 9.87. The van der Waals surface area contributed by atoms with Crippen molar-refractivity contribution in [1.82, 2.24) is 0 Å². The summed E-state index contributed by atoms with van der Waals surface area (Å²) < 4.78 is 23.1. The molecule has 2 aromatic rings. The molecule has 0 spiro atoms. The first kappa shape index (κ1) is 23.5. The van der Waals surface area contributed by atoms with Crippen LogP contribution >= 0.6 is 0 Å². The molecule has 7 nitrogen and oxygen atoms in total. The van der Waals surface area contributed by atoms with Crippen molar-refractivity contribution in [1.29, 1.82) is 0 Å². The normalized spacial score (nSPS) is 9.81. The Hall–Kier alpha value is -3.73. The summed E-state index contributed by atoms with van der Waals surface area (Å²) in [4.78, 5) is 25.8. The second-order valence-corrected chi connectivity index (χ2v) is 6.33. The molecule has 0 bridgehead atoms. The van der Waals surface area contributed by atoms with Crippen LogP contribution in [0.4, 0.5) is 31.0 Å². The van der Waals surface area contributed by atoms with E-state index in [-0.39, 0.29) is 19.0 Å². The molecule has 0 unspecified atom stereocenters. The molecule has 0 saturated heterocycles. The standard InChI is InChI=1S/C23H26FN3O4/c1-4-7-14-27(16-17-8-10-18(24)11-9-17)19-12-13-20(25-22(28)30-5-2)21(15-19)26-23(29)31-6-3/h8-13,15H,5-6,14,16H2,1-3H3,(H,25,28)(H,26,29). The molecular weight excluding hydrogens is 401 g/mol. The van der Waals surface area contributed by atoms with Gasteiger partial charge >= 0.3 is 12.2 Å². The van der Waals surface area contributed by atoms with Gasteiger partial charge in [-0.05, 0) is 56.7 Å². The van der Waals surface area contributed by atoms with Gasteiger partial charge in [0, 0.05) is 12.2 Å². The molecule has 164 valence electrons. The smallest absolute Gasteiger partial charge is 0.411 e. The molecular formula is C23H26FN3O4. The summed E-state index contributed by atoms with van der Waals surface area (Å²) in [6.07, 6.45) is -1.29. The largest absolute Gasteiger partial charge is 0.450 e. The number of carbonyl (C=O) groups is 2. The van der Waals surface area contributed by atoms with Crippen molar-refractivity contribution in [2.75, 3.05) is 35.3 Å². The topological polar surface area (TPSA) is 79.9 Å². The number of hydrogen-bond acceptors (Lipinski definition) is 5. The molecule has 0 radical (unpaired) electrons. The van der Waals surface area contributed by atoms with E-state index in [1.54, 1.807) is 51.1 Å². The van der Waals surface area contributed by atoms with Gasteiger partial charge < -0.3 is 14.4 Å². The SMILES string of the molecule is CC#CCN(Cc1ccc(F)cc1)c1ccc(NC(=O)OCC)c(NC(=O)OCC)c1. The fourth-order valence-electron chi connectivity index (χ4n) is 2.72. The summed E-state index contributed by atoms with van der Waals surface area (Å²) in [6.45, 7) is 6.44. The molecule has 0 aromatic heterocycles. The van der Waals surface area contributed by atoms with Gasteiger partial charge in [0.1, 0.15) is 5.82 Å². The van der Waals surface area contributed by atoms with Crippen LogP contribution < -0.4 is 15.5 Å². The van der Waals surface area contributed by atoms with Crippen molar-refractivity contribution in [2.45, 2.75) is 27.3 Å².